The Morgan fingerprint density at radius 2 is 1.97 bits per heavy atom. The summed E-state index contributed by atoms with van der Waals surface area (Å²) in [7, 11) is 0. The van der Waals surface area contributed by atoms with E-state index in [-0.39, 0.29) is 24.1 Å². The Morgan fingerprint density at radius 3 is 2.64 bits per heavy atom. The summed E-state index contributed by atoms with van der Waals surface area (Å²) in [5.41, 5.74) is 3.45. The van der Waals surface area contributed by atoms with Crippen molar-refractivity contribution in [3.8, 4) is 11.4 Å². The van der Waals surface area contributed by atoms with Gasteiger partial charge in [-0.25, -0.2) is 9.37 Å². The second-order valence-corrected chi connectivity index (χ2v) is 9.90. The first kappa shape index (κ1) is 22.4. The van der Waals surface area contributed by atoms with Crippen LogP contribution in [0.25, 0.3) is 5.69 Å². The van der Waals surface area contributed by atoms with Crippen molar-refractivity contribution in [1.29, 1.82) is 0 Å². The first-order chi connectivity index (χ1) is 15.8. The highest BCUT2D eigenvalue weighted by Gasteiger charge is 2.42. The van der Waals surface area contributed by atoms with E-state index in [2.05, 4.69) is 28.3 Å². The first-order valence-electron chi connectivity index (χ1n) is 11.5. The zero-order valence-electron chi connectivity index (χ0n) is 19.1. The standard InChI is InChI=1S/C26H29ClFN3O2/c1-15(2)26-29-16(3)13-31(26)18-4-6-20(7-5-18)33-25-22-10-17(27)11-23(28)21(22)12-24(25)30-9-8-19(32)14-30/h4-7,10-11,13,15,19,24-25,32H,8-9,12,14H2,1-3H3/t19?,24-,25-/m0/s1. The average molecular weight is 470 g/mol. The van der Waals surface area contributed by atoms with Crippen LogP contribution >= 0.6 is 11.6 Å². The lowest BCUT2D eigenvalue weighted by Crippen LogP contribution is -2.39. The van der Waals surface area contributed by atoms with E-state index >= 15 is 0 Å². The van der Waals surface area contributed by atoms with Crippen molar-refractivity contribution in [2.75, 3.05) is 13.1 Å². The molecule has 1 saturated heterocycles. The molecular formula is C26H29ClFN3O2. The molecule has 0 saturated carbocycles. The van der Waals surface area contributed by atoms with Crippen LogP contribution < -0.4 is 4.74 Å². The summed E-state index contributed by atoms with van der Waals surface area (Å²) in [6.45, 7) is 7.60. The molecule has 5 nitrogen and oxygen atoms in total. The zero-order valence-corrected chi connectivity index (χ0v) is 19.9. The fourth-order valence-electron chi connectivity index (χ4n) is 5.11. The van der Waals surface area contributed by atoms with Crippen LogP contribution in [0.4, 0.5) is 4.39 Å². The van der Waals surface area contributed by atoms with Crippen LogP contribution in [-0.2, 0) is 6.42 Å². The van der Waals surface area contributed by atoms with Gasteiger partial charge in [0, 0.05) is 41.5 Å². The SMILES string of the molecule is Cc1cn(-c2ccc(O[C@H]3c4cc(Cl)cc(F)c4C[C@@H]3N3CCC(O)C3)cc2)c(C(C)C)n1. The molecule has 1 aliphatic heterocycles. The predicted octanol–water partition coefficient (Wildman–Crippen LogP) is 5.21. The van der Waals surface area contributed by atoms with Crippen LogP contribution in [-0.4, -0.2) is 44.8 Å². The number of hydrogen-bond acceptors (Lipinski definition) is 4. The van der Waals surface area contributed by atoms with E-state index in [4.69, 9.17) is 16.3 Å². The van der Waals surface area contributed by atoms with Gasteiger partial charge in [0.25, 0.3) is 0 Å². The first-order valence-corrected chi connectivity index (χ1v) is 11.9. The minimum Gasteiger partial charge on any atom is -0.484 e. The molecule has 1 aromatic heterocycles. The molecule has 1 aliphatic carbocycles. The summed E-state index contributed by atoms with van der Waals surface area (Å²) in [5, 5.41) is 10.4. The van der Waals surface area contributed by atoms with Crippen LogP contribution in [0.15, 0.2) is 42.6 Å². The number of aromatic nitrogens is 2. The molecule has 2 aliphatic rings. The maximum Gasteiger partial charge on any atom is 0.140 e. The largest absolute Gasteiger partial charge is 0.484 e. The number of aliphatic hydroxyl groups excluding tert-OH is 1. The number of rotatable bonds is 5. The lowest BCUT2D eigenvalue weighted by Gasteiger charge is -2.30. The highest BCUT2D eigenvalue weighted by molar-refractivity contribution is 6.30. The topological polar surface area (TPSA) is 50.5 Å². The Bertz CT molecular complexity index is 1160. The third-order valence-electron chi connectivity index (χ3n) is 6.68. The van der Waals surface area contributed by atoms with Gasteiger partial charge in [0.15, 0.2) is 0 Å². The number of hydrogen-bond donors (Lipinski definition) is 1. The quantitative estimate of drug-likeness (QED) is 0.557. The van der Waals surface area contributed by atoms with Gasteiger partial charge in [-0.2, -0.15) is 0 Å². The Kier molecular flexibility index (Phi) is 5.93. The molecule has 2 aromatic carbocycles. The smallest absolute Gasteiger partial charge is 0.140 e. The van der Waals surface area contributed by atoms with E-state index in [1.807, 2.05) is 43.5 Å². The number of nitrogens with zero attached hydrogens (tertiary/aromatic N) is 3. The lowest BCUT2D eigenvalue weighted by atomic mass is 10.1. The van der Waals surface area contributed by atoms with Crippen molar-refractivity contribution in [3.63, 3.8) is 0 Å². The van der Waals surface area contributed by atoms with E-state index < -0.39 is 0 Å². The Hall–Kier alpha value is -2.41. The van der Waals surface area contributed by atoms with E-state index in [1.54, 1.807) is 0 Å². The average Bonchev–Trinajstić information content (AvgIpc) is 3.46. The Balaban J connectivity index is 1.44. The summed E-state index contributed by atoms with van der Waals surface area (Å²) in [5.74, 6) is 1.74. The second kappa shape index (κ2) is 8.75. The molecule has 3 atom stereocenters. The molecule has 5 rings (SSSR count). The molecule has 0 radical (unpaired) electrons. The highest BCUT2D eigenvalue weighted by atomic mass is 35.5. The molecule has 33 heavy (non-hydrogen) atoms. The van der Waals surface area contributed by atoms with Gasteiger partial charge < -0.3 is 14.4 Å². The van der Waals surface area contributed by atoms with Crippen molar-refractivity contribution in [2.45, 2.75) is 57.8 Å². The van der Waals surface area contributed by atoms with Crippen molar-refractivity contribution >= 4 is 11.6 Å². The second-order valence-electron chi connectivity index (χ2n) is 9.46. The molecule has 1 fully saturated rings. The maximum atomic E-state index is 14.7. The van der Waals surface area contributed by atoms with Crippen LogP contribution in [0.5, 0.6) is 5.75 Å². The number of aliphatic hydroxyl groups is 1. The monoisotopic (exact) mass is 469 g/mol. The van der Waals surface area contributed by atoms with E-state index in [0.717, 1.165) is 35.7 Å². The maximum absolute atomic E-state index is 14.7. The number of β-amino-alcohol motifs (C(OH)–C–C–N with tert-alkyl or cyclic N) is 1. The highest BCUT2D eigenvalue weighted by Crippen LogP contribution is 2.41. The molecule has 3 aromatic rings. The molecule has 0 bridgehead atoms. The number of ether oxygens (including phenoxy) is 1. The van der Waals surface area contributed by atoms with Gasteiger partial charge in [0.1, 0.15) is 23.5 Å². The Morgan fingerprint density at radius 1 is 1.21 bits per heavy atom. The van der Waals surface area contributed by atoms with Gasteiger partial charge in [-0.3, -0.25) is 4.90 Å². The summed E-state index contributed by atoms with van der Waals surface area (Å²) in [6.07, 6.45) is 2.60. The minimum absolute atomic E-state index is 0.0476. The fraction of sp³-hybridized carbons (Fsp3) is 0.423. The molecule has 1 unspecified atom stereocenters. The van der Waals surface area contributed by atoms with Crippen molar-refractivity contribution in [2.24, 2.45) is 0 Å². The molecule has 7 heteroatoms. The van der Waals surface area contributed by atoms with E-state index in [9.17, 15) is 9.50 Å². The summed E-state index contributed by atoms with van der Waals surface area (Å²) < 4.78 is 23.3. The molecular weight excluding hydrogens is 441 g/mol. The third-order valence-corrected chi connectivity index (χ3v) is 6.89. The predicted molar refractivity (Wildman–Crippen MR) is 127 cm³/mol. The molecule has 2 heterocycles. The summed E-state index contributed by atoms with van der Waals surface area (Å²) in [4.78, 5) is 6.86. The third kappa shape index (κ3) is 4.27. The minimum atomic E-state index is -0.355. The van der Waals surface area contributed by atoms with Crippen molar-refractivity contribution < 1.29 is 14.2 Å². The van der Waals surface area contributed by atoms with Gasteiger partial charge in [0.05, 0.1) is 17.8 Å². The number of fused-ring (bicyclic) bond motifs is 1. The number of likely N-dealkylation sites (tertiary alicyclic amines) is 1. The molecule has 174 valence electrons. The van der Waals surface area contributed by atoms with Gasteiger partial charge in [0.2, 0.25) is 0 Å². The van der Waals surface area contributed by atoms with Crippen molar-refractivity contribution in [1.82, 2.24) is 14.5 Å². The number of aryl methyl sites for hydroxylation is 1. The van der Waals surface area contributed by atoms with Crippen LogP contribution in [0.3, 0.4) is 0 Å². The number of benzene rings is 2. The van der Waals surface area contributed by atoms with Crippen LogP contribution in [0, 0.1) is 12.7 Å². The zero-order chi connectivity index (χ0) is 23.3. The van der Waals surface area contributed by atoms with Gasteiger partial charge in [-0.05, 0) is 61.7 Å². The molecule has 1 N–H and O–H groups in total. The lowest BCUT2D eigenvalue weighted by molar-refractivity contribution is 0.0818. The van der Waals surface area contributed by atoms with Gasteiger partial charge in [-0.15, -0.1) is 0 Å². The normalized spacial score (nSPS) is 22.8. The van der Waals surface area contributed by atoms with Crippen molar-refractivity contribution in [3.05, 3.63) is 76.1 Å². The van der Waals surface area contributed by atoms with Gasteiger partial charge >= 0.3 is 0 Å². The van der Waals surface area contributed by atoms with E-state index in [0.29, 0.717) is 35.2 Å². The molecule has 0 amide bonds. The van der Waals surface area contributed by atoms with Gasteiger partial charge in [-0.1, -0.05) is 25.4 Å². The van der Waals surface area contributed by atoms with E-state index in [1.165, 1.54) is 6.07 Å². The number of halogens is 2. The number of imidazole rings is 1. The van der Waals surface area contributed by atoms with Crippen LogP contribution in [0.1, 0.15) is 54.9 Å². The molecule has 0 spiro atoms. The Labute approximate surface area is 198 Å². The van der Waals surface area contributed by atoms with Crippen LogP contribution in [0.2, 0.25) is 5.02 Å². The fourth-order valence-corrected chi connectivity index (χ4v) is 5.32. The summed E-state index contributed by atoms with van der Waals surface area (Å²) >= 11 is 6.20. The summed E-state index contributed by atoms with van der Waals surface area (Å²) in [6, 6.07) is 11.1.